The Bertz CT molecular complexity index is 1090. The number of fused-ring (bicyclic) bond motifs is 2. The average Bonchev–Trinajstić information content (AvgIpc) is 3.32. The van der Waals surface area contributed by atoms with Crippen LogP contribution in [0.2, 0.25) is 0 Å². The van der Waals surface area contributed by atoms with Crippen molar-refractivity contribution in [3.8, 4) is 0 Å². The van der Waals surface area contributed by atoms with Gasteiger partial charge in [0, 0.05) is 61.9 Å². The van der Waals surface area contributed by atoms with Gasteiger partial charge in [0.1, 0.15) is 17.3 Å². The number of carbonyl (C=O) groups excluding carboxylic acids is 1. The second kappa shape index (κ2) is 8.08. The third kappa shape index (κ3) is 3.54. The fraction of sp³-hybridized carbons (Fsp3) is 0.400. The molecule has 3 aromatic rings. The predicted molar refractivity (Wildman–Crippen MR) is 119 cm³/mol. The Balaban J connectivity index is 0.00000218. The van der Waals surface area contributed by atoms with Crippen LogP contribution in [-0.2, 0) is 6.42 Å². The Morgan fingerprint density at radius 3 is 2.77 bits per heavy atom. The van der Waals surface area contributed by atoms with Crippen LogP contribution in [0.15, 0.2) is 24.5 Å². The monoisotopic (exact) mass is 428 g/mol. The summed E-state index contributed by atoms with van der Waals surface area (Å²) in [4.78, 5) is 30.5. The molecule has 2 aliphatic rings. The maximum absolute atomic E-state index is 13.0. The molecule has 0 aliphatic carbocycles. The summed E-state index contributed by atoms with van der Waals surface area (Å²) in [6.45, 7) is 8.36. The zero-order valence-corrected chi connectivity index (χ0v) is 17.9. The molecule has 158 valence electrons. The third-order valence-corrected chi connectivity index (χ3v) is 5.55. The fourth-order valence-electron chi connectivity index (χ4n) is 4.19. The highest BCUT2D eigenvalue weighted by Gasteiger charge is 2.30. The zero-order chi connectivity index (χ0) is 20.0. The van der Waals surface area contributed by atoms with Gasteiger partial charge in [0.05, 0.1) is 6.20 Å². The molecule has 2 N–H and O–H groups in total. The molecule has 2 amide bonds. The van der Waals surface area contributed by atoms with Crippen molar-refractivity contribution in [2.75, 3.05) is 47.8 Å². The molecule has 5 rings (SSSR count). The van der Waals surface area contributed by atoms with Crippen molar-refractivity contribution in [1.29, 1.82) is 0 Å². The maximum Gasteiger partial charge on any atom is 0.328 e. The zero-order valence-electron chi connectivity index (χ0n) is 17.1. The summed E-state index contributed by atoms with van der Waals surface area (Å²) in [5.74, 6) is 2.09. The van der Waals surface area contributed by atoms with Crippen molar-refractivity contribution in [2.24, 2.45) is 0 Å². The van der Waals surface area contributed by atoms with Gasteiger partial charge < -0.3 is 10.2 Å². The number of halogens is 1. The average molecular weight is 429 g/mol. The molecule has 0 aromatic carbocycles. The van der Waals surface area contributed by atoms with Crippen LogP contribution in [0.1, 0.15) is 17.1 Å². The lowest BCUT2D eigenvalue weighted by atomic mass is 10.1. The summed E-state index contributed by atoms with van der Waals surface area (Å²) in [5.41, 5.74) is 4.01. The lowest BCUT2D eigenvalue weighted by Crippen LogP contribution is -2.43. The number of aryl methyl sites for hydroxylation is 2. The van der Waals surface area contributed by atoms with Crippen LogP contribution in [0.4, 0.5) is 22.1 Å². The largest absolute Gasteiger partial charge is 0.369 e. The Kier molecular flexibility index (Phi) is 5.48. The summed E-state index contributed by atoms with van der Waals surface area (Å²) in [7, 11) is 0. The first-order valence-corrected chi connectivity index (χ1v) is 9.95. The minimum atomic E-state index is -0.209. The molecule has 0 atom stereocenters. The van der Waals surface area contributed by atoms with Crippen LogP contribution < -0.4 is 20.4 Å². The number of anilines is 3. The van der Waals surface area contributed by atoms with Gasteiger partial charge in [0.15, 0.2) is 5.82 Å². The van der Waals surface area contributed by atoms with Crippen LogP contribution in [0.3, 0.4) is 0 Å². The van der Waals surface area contributed by atoms with Gasteiger partial charge in [-0.05, 0) is 26.3 Å². The van der Waals surface area contributed by atoms with Crippen LogP contribution >= 0.6 is 12.4 Å². The van der Waals surface area contributed by atoms with E-state index in [4.69, 9.17) is 0 Å². The van der Waals surface area contributed by atoms with E-state index in [0.29, 0.717) is 12.4 Å². The van der Waals surface area contributed by atoms with Gasteiger partial charge in [0.2, 0.25) is 0 Å². The van der Waals surface area contributed by atoms with Crippen LogP contribution in [0, 0.1) is 13.8 Å². The summed E-state index contributed by atoms with van der Waals surface area (Å²) in [6.07, 6.45) is 4.41. The van der Waals surface area contributed by atoms with E-state index in [-0.39, 0.29) is 18.4 Å². The van der Waals surface area contributed by atoms with Crippen molar-refractivity contribution in [2.45, 2.75) is 20.3 Å². The second-order valence-electron chi connectivity index (χ2n) is 7.50. The standard InChI is InChI=1S/C20H24N8O.ClH/c1-13-11-18-24-17(12-28(18)14(2)23-13)25-20(29)27-8-4-15-16(3-5-22-19(15)27)26-9-6-21-7-10-26;/h3,5,11-12,21H,4,6-10H2,1-2H3,(H,25,29);1H. The first-order chi connectivity index (χ1) is 14.1. The maximum atomic E-state index is 13.0. The van der Waals surface area contributed by atoms with Crippen LogP contribution in [0.25, 0.3) is 5.65 Å². The number of nitrogens with zero attached hydrogens (tertiary/aromatic N) is 6. The quantitative estimate of drug-likeness (QED) is 0.650. The molecule has 0 saturated carbocycles. The molecule has 1 saturated heterocycles. The molecular weight excluding hydrogens is 404 g/mol. The van der Waals surface area contributed by atoms with Crippen molar-refractivity contribution in [1.82, 2.24) is 24.7 Å². The van der Waals surface area contributed by atoms with Gasteiger partial charge in [-0.3, -0.25) is 14.6 Å². The molecule has 0 unspecified atom stereocenters. The van der Waals surface area contributed by atoms with E-state index in [9.17, 15) is 4.79 Å². The number of carbonyl (C=O) groups is 1. The second-order valence-corrected chi connectivity index (χ2v) is 7.50. The van der Waals surface area contributed by atoms with Crippen molar-refractivity contribution >= 4 is 41.4 Å². The lowest BCUT2D eigenvalue weighted by Gasteiger charge is -2.30. The van der Waals surface area contributed by atoms with E-state index in [1.807, 2.05) is 24.3 Å². The SMILES string of the molecule is Cc1cc2nc(NC(=O)N3CCc4c(N5CCNCC5)ccnc43)cn2c(C)n1.Cl. The lowest BCUT2D eigenvalue weighted by molar-refractivity contribution is 0.257. The summed E-state index contributed by atoms with van der Waals surface area (Å²) < 4.78 is 1.88. The third-order valence-electron chi connectivity index (χ3n) is 5.55. The Hall–Kier alpha value is -2.91. The predicted octanol–water partition coefficient (Wildman–Crippen LogP) is 2.17. The first kappa shape index (κ1) is 20.4. The normalized spacial score (nSPS) is 15.8. The highest BCUT2D eigenvalue weighted by molar-refractivity contribution is 6.02. The molecule has 1 fully saturated rings. The molecule has 3 aromatic heterocycles. The van der Waals surface area contributed by atoms with E-state index >= 15 is 0 Å². The minimum absolute atomic E-state index is 0. The summed E-state index contributed by atoms with van der Waals surface area (Å²) in [5, 5.41) is 6.30. The molecule has 30 heavy (non-hydrogen) atoms. The fourth-order valence-corrected chi connectivity index (χ4v) is 4.19. The smallest absolute Gasteiger partial charge is 0.328 e. The van der Waals surface area contributed by atoms with E-state index in [2.05, 4.69) is 36.6 Å². The molecule has 5 heterocycles. The number of aromatic nitrogens is 4. The van der Waals surface area contributed by atoms with Crippen molar-refractivity contribution < 1.29 is 4.79 Å². The number of hydrogen-bond acceptors (Lipinski definition) is 6. The topological polar surface area (TPSA) is 90.7 Å². The molecule has 0 bridgehead atoms. The molecule has 9 nitrogen and oxygen atoms in total. The summed E-state index contributed by atoms with van der Waals surface area (Å²) >= 11 is 0. The number of hydrogen-bond donors (Lipinski definition) is 2. The van der Waals surface area contributed by atoms with Crippen molar-refractivity contribution in [3.05, 3.63) is 41.6 Å². The Morgan fingerprint density at radius 1 is 1.17 bits per heavy atom. The molecule has 10 heteroatoms. The molecule has 0 spiro atoms. The number of nitrogens with one attached hydrogen (secondary N) is 2. The Morgan fingerprint density at radius 2 is 1.97 bits per heavy atom. The van der Waals surface area contributed by atoms with Gasteiger partial charge in [-0.15, -0.1) is 12.4 Å². The highest BCUT2D eigenvalue weighted by atomic mass is 35.5. The van der Waals surface area contributed by atoms with Gasteiger partial charge in [0.25, 0.3) is 0 Å². The van der Waals surface area contributed by atoms with Gasteiger partial charge in [-0.25, -0.2) is 19.7 Å². The molecule has 0 radical (unpaired) electrons. The van der Waals surface area contributed by atoms with Gasteiger partial charge in [-0.1, -0.05) is 0 Å². The number of pyridine rings is 1. The number of imidazole rings is 1. The van der Waals surface area contributed by atoms with E-state index in [0.717, 1.165) is 61.1 Å². The first-order valence-electron chi connectivity index (χ1n) is 9.95. The van der Waals surface area contributed by atoms with E-state index < -0.39 is 0 Å². The molecular formula is C20H25ClN8O. The highest BCUT2D eigenvalue weighted by Crippen LogP contribution is 2.34. The van der Waals surface area contributed by atoms with E-state index in [1.165, 1.54) is 5.69 Å². The number of rotatable bonds is 2. The molecule has 2 aliphatic heterocycles. The minimum Gasteiger partial charge on any atom is -0.369 e. The van der Waals surface area contributed by atoms with Crippen molar-refractivity contribution in [3.63, 3.8) is 0 Å². The van der Waals surface area contributed by atoms with Gasteiger partial charge in [-0.2, -0.15) is 0 Å². The Labute approximate surface area is 180 Å². The van der Waals surface area contributed by atoms with E-state index in [1.54, 1.807) is 17.3 Å². The van der Waals surface area contributed by atoms with Crippen LogP contribution in [-0.4, -0.2) is 58.1 Å². The number of amides is 2. The summed E-state index contributed by atoms with van der Waals surface area (Å²) in [6, 6.07) is 3.75. The van der Waals surface area contributed by atoms with Gasteiger partial charge >= 0.3 is 6.03 Å². The van der Waals surface area contributed by atoms with Crippen LogP contribution in [0.5, 0.6) is 0 Å². The number of urea groups is 1. The number of piperazine rings is 1.